The van der Waals surface area contributed by atoms with Gasteiger partial charge in [0.15, 0.2) is 6.19 Å². The number of rotatable bonds is 2. The van der Waals surface area contributed by atoms with E-state index < -0.39 is 6.04 Å². The molecular formula is C22H18N8. The van der Waals surface area contributed by atoms with E-state index in [4.69, 9.17) is 16.7 Å². The number of aliphatic imine (C=N–C) groups is 1. The molecule has 6 N–H and O–H groups in total. The van der Waals surface area contributed by atoms with Crippen LogP contribution in [0, 0.1) is 29.7 Å². The molecule has 0 saturated heterocycles. The van der Waals surface area contributed by atoms with Gasteiger partial charge < -0.3 is 16.8 Å². The van der Waals surface area contributed by atoms with E-state index in [1.54, 1.807) is 0 Å². The third-order valence-electron chi connectivity index (χ3n) is 5.02. The Bertz CT molecular complexity index is 1260. The third kappa shape index (κ3) is 3.13. The molecule has 0 amide bonds. The van der Waals surface area contributed by atoms with E-state index in [2.05, 4.69) is 39.7 Å². The summed E-state index contributed by atoms with van der Waals surface area (Å²) in [5.74, 6) is 0.613. The van der Waals surface area contributed by atoms with Crippen LogP contribution in [0.15, 0.2) is 53.5 Å². The highest BCUT2D eigenvalue weighted by Crippen LogP contribution is 2.41. The number of nitrogens with two attached hydrogens (primary N) is 2. The Morgan fingerprint density at radius 1 is 1.10 bits per heavy atom. The van der Waals surface area contributed by atoms with Crippen LogP contribution in [-0.4, -0.2) is 10.9 Å². The van der Waals surface area contributed by atoms with Crippen molar-refractivity contribution in [3.8, 4) is 23.4 Å². The molecule has 1 aromatic heterocycles. The van der Waals surface area contributed by atoms with E-state index in [-0.39, 0.29) is 23.0 Å². The van der Waals surface area contributed by atoms with Gasteiger partial charge in [-0.05, 0) is 35.2 Å². The number of nitrogen functional groups attached to an aromatic ring is 2. The monoisotopic (exact) mass is 394 g/mol. The Hall–Kier alpha value is -4.56. The zero-order chi connectivity index (χ0) is 21.3. The number of nitrogens with one attached hydrogen (secondary N) is 2. The maximum Gasteiger partial charge on any atom is 0.211 e. The van der Waals surface area contributed by atoms with Crippen molar-refractivity contribution >= 4 is 23.3 Å². The highest BCUT2D eigenvalue weighted by molar-refractivity contribution is 5.98. The number of anilines is 3. The molecule has 0 aliphatic carbocycles. The van der Waals surface area contributed by atoms with Crippen molar-refractivity contribution in [3.63, 3.8) is 0 Å². The number of guanidine groups is 1. The van der Waals surface area contributed by atoms with Crippen LogP contribution >= 0.6 is 0 Å². The van der Waals surface area contributed by atoms with Gasteiger partial charge in [0.25, 0.3) is 0 Å². The van der Waals surface area contributed by atoms with Crippen LogP contribution in [0.3, 0.4) is 0 Å². The second kappa shape index (κ2) is 7.46. The maximum absolute atomic E-state index is 9.46. The van der Waals surface area contributed by atoms with Crippen molar-refractivity contribution in [3.05, 3.63) is 70.8 Å². The minimum Gasteiger partial charge on any atom is -0.397 e. The van der Waals surface area contributed by atoms with E-state index in [1.165, 1.54) is 0 Å². The van der Waals surface area contributed by atoms with Crippen molar-refractivity contribution in [2.24, 2.45) is 4.99 Å². The van der Waals surface area contributed by atoms with Crippen LogP contribution in [0.25, 0.3) is 11.1 Å². The van der Waals surface area contributed by atoms with Gasteiger partial charge in [0.2, 0.25) is 5.96 Å². The number of benzene rings is 2. The summed E-state index contributed by atoms with van der Waals surface area (Å²) in [5, 5.41) is 23.9. The van der Waals surface area contributed by atoms with Crippen molar-refractivity contribution < 1.29 is 0 Å². The lowest BCUT2D eigenvalue weighted by Gasteiger charge is -2.26. The molecule has 1 aliphatic heterocycles. The Kier molecular flexibility index (Phi) is 4.67. The number of aryl methyl sites for hydroxylation is 1. The van der Waals surface area contributed by atoms with E-state index in [1.807, 2.05) is 48.7 Å². The van der Waals surface area contributed by atoms with Crippen molar-refractivity contribution in [2.75, 3.05) is 16.8 Å². The lowest BCUT2D eigenvalue weighted by Crippen LogP contribution is -2.32. The van der Waals surface area contributed by atoms with E-state index in [9.17, 15) is 5.26 Å². The molecule has 146 valence electrons. The summed E-state index contributed by atoms with van der Waals surface area (Å²) in [7, 11) is 0. The first kappa shape index (κ1) is 18.8. The topological polar surface area (TPSA) is 149 Å². The lowest BCUT2D eigenvalue weighted by atomic mass is 9.92. The number of hydrogen-bond acceptors (Lipinski definition) is 8. The van der Waals surface area contributed by atoms with Gasteiger partial charge in [-0.3, -0.25) is 5.32 Å². The van der Waals surface area contributed by atoms with Gasteiger partial charge in [-0.15, -0.1) is 0 Å². The molecule has 0 spiro atoms. The van der Waals surface area contributed by atoms with E-state index in [0.29, 0.717) is 11.4 Å². The average Bonchev–Trinajstić information content (AvgIpc) is 2.74. The van der Waals surface area contributed by atoms with Gasteiger partial charge in [-0.2, -0.15) is 10.5 Å². The third-order valence-corrected chi connectivity index (χ3v) is 5.02. The van der Waals surface area contributed by atoms with Crippen molar-refractivity contribution in [2.45, 2.75) is 13.0 Å². The predicted molar refractivity (Wildman–Crippen MR) is 116 cm³/mol. The predicted octanol–water partition coefficient (Wildman–Crippen LogP) is 3.03. The molecule has 1 unspecified atom stereocenters. The number of nitrogens with zero attached hydrogens (tertiary/aromatic N) is 4. The highest BCUT2D eigenvalue weighted by Gasteiger charge is 2.29. The average molecular weight is 394 g/mol. The molecule has 30 heavy (non-hydrogen) atoms. The summed E-state index contributed by atoms with van der Waals surface area (Å²) in [6.07, 6.45) is 1.85. The molecule has 0 radical (unpaired) electrons. The number of aromatic nitrogens is 1. The second-order valence-corrected chi connectivity index (χ2v) is 6.84. The fourth-order valence-corrected chi connectivity index (χ4v) is 3.60. The smallest absolute Gasteiger partial charge is 0.211 e. The van der Waals surface area contributed by atoms with Gasteiger partial charge in [0.05, 0.1) is 5.69 Å². The summed E-state index contributed by atoms with van der Waals surface area (Å²) >= 11 is 0. The van der Waals surface area contributed by atoms with Crippen LogP contribution in [0.1, 0.15) is 28.3 Å². The molecule has 8 heteroatoms. The number of hydrogen-bond donors (Lipinski definition) is 4. The molecule has 3 aromatic rings. The van der Waals surface area contributed by atoms with E-state index >= 15 is 0 Å². The van der Waals surface area contributed by atoms with Crippen LogP contribution < -0.4 is 22.1 Å². The number of nitriles is 2. The van der Waals surface area contributed by atoms with Crippen molar-refractivity contribution in [1.82, 2.24) is 10.3 Å². The lowest BCUT2D eigenvalue weighted by molar-refractivity contribution is 0.847. The standard InChI is InChI=1S/C22H18N8/c1-12-5-2-3-8-15(12)13-6-4-7-14(9-13)19-17-18(25)16(10-23)20(26)29-21(17)30-22(28-19)27-11-24/h2-9,19H,1H3,(H6,25,26,27,28,29,30). The molecule has 0 bridgehead atoms. The van der Waals surface area contributed by atoms with Crippen LogP contribution in [0.2, 0.25) is 0 Å². The normalized spacial score (nSPS) is 14.5. The molecule has 8 nitrogen and oxygen atoms in total. The van der Waals surface area contributed by atoms with Gasteiger partial charge in [-0.25, -0.2) is 9.98 Å². The summed E-state index contributed by atoms with van der Waals surface area (Å²) < 4.78 is 0. The molecule has 2 heterocycles. The number of fused-ring (bicyclic) bond motifs is 1. The van der Waals surface area contributed by atoms with Crippen LogP contribution in [-0.2, 0) is 0 Å². The summed E-state index contributed by atoms with van der Waals surface area (Å²) in [6, 6.07) is 17.5. The zero-order valence-corrected chi connectivity index (χ0v) is 16.1. The Morgan fingerprint density at radius 2 is 1.90 bits per heavy atom. The Morgan fingerprint density at radius 3 is 2.63 bits per heavy atom. The highest BCUT2D eigenvalue weighted by atomic mass is 15.2. The fraction of sp³-hybridized carbons (Fsp3) is 0.0909. The summed E-state index contributed by atoms with van der Waals surface area (Å²) in [6.45, 7) is 2.05. The van der Waals surface area contributed by atoms with Gasteiger partial charge in [-0.1, -0.05) is 42.5 Å². The molecule has 0 fully saturated rings. The molecular weight excluding hydrogens is 376 g/mol. The minimum absolute atomic E-state index is 0.0202. The molecule has 2 aromatic carbocycles. The molecule has 0 saturated carbocycles. The molecule has 1 atom stereocenters. The van der Waals surface area contributed by atoms with Crippen LogP contribution in [0.4, 0.5) is 17.3 Å². The van der Waals surface area contributed by atoms with Crippen molar-refractivity contribution in [1.29, 1.82) is 10.5 Å². The van der Waals surface area contributed by atoms with Gasteiger partial charge in [0, 0.05) is 5.56 Å². The summed E-state index contributed by atoms with van der Waals surface area (Å²) in [5.41, 5.74) is 17.2. The fourth-order valence-electron chi connectivity index (χ4n) is 3.60. The quantitative estimate of drug-likeness (QED) is 0.385. The second-order valence-electron chi connectivity index (χ2n) is 6.84. The minimum atomic E-state index is -0.568. The molecule has 4 rings (SSSR count). The first-order valence-electron chi connectivity index (χ1n) is 9.18. The zero-order valence-electron chi connectivity index (χ0n) is 16.1. The first-order chi connectivity index (χ1) is 14.5. The van der Waals surface area contributed by atoms with Crippen LogP contribution in [0.5, 0.6) is 0 Å². The Balaban J connectivity index is 1.91. The largest absolute Gasteiger partial charge is 0.397 e. The number of pyridine rings is 1. The maximum atomic E-state index is 9.46. The first-order valence-corrected chi connectivity index (χ1v) is 9.18. The molecule has 1 aliphatic rings. The van der Waals surface area contributed by atoms with Gasteiger partial charge in [0.1, 0.15) is 29.3 Å². The SMILES string of the molecule is Cc1ccccc1-c1cccc(C2N=C(NC#N)Nc3nc(N)c(C#N)c(N)c32)c1. The van der Waals surface area contributed by atoms with Gasteiger partial charge >= 0.3 is 0 Å². The van der Waals surface area contributed by atoms with E-state index in [0.717, 1.165) is 22.3 Å². The summed E-state index contributed by atoms with van der Waals surface area (Å²) in [4.78, 5) is 8.89. The Labute approximate surface area is 173 Å².